The maximum absolute atomic E-state index is 5.85. The first-order valence-electron chi connectivity index (χ1n) is 3.80. The van der Waals surface area contributed by atoms with Crippen molar-refractivity contribution in [3.63, 3.8) is 0 Å². The maximum Gasteiger partial charge on any atom is 0.0965 e. The molecule has 0 aromatic heterocycles. The molecule has 0 heterocycles. The van der Waals surface area contributed by atoms with Crippen molar-refractivity contribution in [3.05, 3.63) is 35.9 Å². The minimum atomic E-state index is -0.146. The maximum atomic E-state index is 5.85. The Bertz CT molecular complexity index is 223. The highest BCUT2D eigenvalue weighted by Crippen LogP contribution is 2.12. The lowest BCUT2D eigenvalue weighted by atomic mass is 10.2. The van der Waals surface area contributed by atoms with E-state index in [1.807, 2.05) is 37.3 Å². The van der Waals surface area contributed by atoms with E-state index in [4.69, 9.17) is 23.4 Å². The molecule has 1 aromatic carbocycles. The van der Waals surface area contributed by atoms with E-state index < -0.39 is 0 Å². The van der Waals surface area contributed by atoms with Gasteiger partial charge in [-0.15, -0.1) is 11.6 Å². The summed E-state index contributed by atoms with van der Waals surface area (Å²) in [6.45, 7) is 2.52. The second kappa shape index (κ2) is 4.70. The topological polar surface area (TPSA) is 3.24 Å². The van der Waals surface area contributed by atoms with Gasteiger partial charge in [-0.25, -0.2) is 0 Å². The van der Waals surface area contributed by atoms with Crippen molar-refractivity contribution >= 4 is 23.4 Å². The van der Waals surface area contributed by atoms with Gasteiger partial charge in [-0.2, -0.15) is 4.42 Å². The summed E-state index contributed by atoms with van der Waals surface area (Å²) in [7, 11) is 0. The van der Waals surface area contributed by atoms with Crippen LogP contribution in [0.5, 0.6) is 0 Å². The van der Waals surface area contributed by atoms with Crippen LogP contribution in [0.3, 0.4) is 0 Å². The third kappa shape index (κ3) is 3.02. The predicted molar refractivity (Wildman–Crippen MR) is 53.2 cm³/mol. The number of rotatable bonds is 3. The summed E-state index contributed by atoms with van der Waals surface area (Å²) in [4.78, 5) is 0. The molecule has 1 rings (SSSR count). The number of benzene rings is 1. The van der Waals surface area contributed by atoms with Crippen LogP contribution in [0.25, 0.3) is 0 Å². The third-order valence-electron chi connectivity index (χ3n) is 1.56. The fraction of sp³-hybridized carbons (Fsp3) is 0.333. The standard InChI is InChI=1S/C9H11Cl2N/c1-8(10)12(11)7-9-5-3-2-4-6-9/h2-6,8H,7H2,1H3. The van der Waals surface area contributed by atoms with Gasteiger partial charge in [-0.3, -0.25) is 0 Å². The first kappa shape index (κ1) is 9.85. The zero-order chi connectivity index (χ0) is 8.97. The van der Waals surface area contributed by atoms with Crippen molar-refractivity contribution in [1.29, 1.82) is 0 Å². The van der Waals surface area contributed by atoms with Crippen LogP contribution in [0.1, 0.15) is 12.5 Å². The van der Waals surface area contributed by atoms with E-state index in [1.165, 1.54) is 5.56 Å². The molecular weight excluding hydrogens is 193 g/mol. The molecule has 1 aromatic rings. The van der Waals surface area contributed by atoms with Crippen LogP contribution in [-0.4, -0.2) is 9.92 Å². The minimum absolute atomic E-state index is 0.146. The van der Waals surface area contributed by atoms with Gasteiger partial charge in [-0.05, 0) is 24.3 Å². The van der Waals surface area contributed by atoms with E-state index in [2.05, 4.69) is 0 Å². The number of hydrogen-bond acceptors (Lipinski definition) is 1. The third-order valence-corrected chi connectivity index (χ3v) is 2.31. The van der Waals surface area contributed by atoms with Crippen LogP contribution >= 0.6 is 23.4 Å². The molecule has 3 heteroatoms. The minimum Gasteiger partial charge on any atom is -0.198 e. The fourth-order valence-corrected chi connectivity index (χ4v) is 1.09. The predicted octanol–water partition coefficient (Wildman–Crippen LogP) is 3.23. The van der Waals surface area contributed by atoms with Crippen LogP contribution in [0, 0.1) is 0 Å². The van der Waals surface area contributed by atoms with Crippen molar-refractivity contribution < 1.29 is 0 Å². The Labute approximate surface area is 83.0 Å². The van der Waals surface area contributed by atoms with E-state index in [9.17, 15) is 0 Å². The van der Waals surface area contributed by atoms with Gasteiger partial charge in [0.2, 0.25) is 0 Å². The largest absolute Gasteiger partial charge is 0.198 e. The zero-order valence-corrected chi connectivity index (χ0v) is 8.39. The Balaban J connectivity index is 2.53. The quantitative estimate of drug-likeness (QED) is 0.415. The molecule has 0 radical (unpaired) electrons. The molecule has 0 bridgehead atoms. The van der Waals surface area contributed by atoms with Gasteiger partial charge in [0.15, 0.2) is 0 Å². The molecule has 0 fully saturated rings. The van der Waals surface area contributed by atoms with Gasteiger partial charge < -0.3 is 0 Å². The van der Waals surface area contributed by atoms with E-state index in [0.29, 0.717) is 6.54 Å². The van der Waals surface area contributed by atoms with Crippen molar-refractivity contribution in [3.8, 4) is 0 Å². The molecule has 1 atom stereocenters. The first-order chi connectivity index (χ1) is 5.70. The highest BCUT2D eigenvalue weighted by atomic mass is 35.5. The highest BCUT2D eigenvalue weighted by Gasteiger charge is 2.07. The van der Waals surface area contributed by atoms with Gasteiger partial charge in [-0.1, -0.05) is 30.3 Å². The Morgan fingerprint density at radius 1 is 1.33 bits per heavy atom. The summed E-state index contributed by atoms with van der Waals surface area (Å²) in [5.74, 6) is 0. The van der Waals surface area contributed by atoms with Crippen molar-refractivity contribution in [1.82, 2.24) is 4.42 Å². The molecule has 0 N–H and O–H groups in total. The Morgan fingerprint density at radius 2 is 1.92 bits per heavy atom. The van der Waals surface area contributed by atoms with Gasteiger partial charge in [0.1, 0.15) is 0 Å². The molecule has 0 aliphatic rings. The van der Waals surface area contributed by atoms with Gasteiger partial charge >= 0.3 is 0 Å². The van der Waals surface area contributed by atoms with E-state index >= 15 is 0 Å². The SMILES string of the molecule is CC(Cl)N(Cl)Cc1ccccc1. The first-order valence-corrected chi connectivity index (χ1v) is 4.58. The molecule has 0 aliphatic heterocycles. The molecule has 12 heavy (non-hydrogen) atoms. The van der Waals surface area contributed by atoms with Gasteiger partial charge in [0.25, 0.3) is 0 Å². The van der Waals surface area contributed by atoms with Gasteiger partial charge in [0, 0.05) is 6.54 Å². The Morgan fingerprint density at radius 3 is 2.42 bits per heavy atom. The lowest BCUT2D eigenvalue weighted by Gasteiger charge is -2.15. The van der Waals surface area contributed by atoms with E-state index in [-0.39, 0.29) is 5.50 Å². The lowest BCUT2D eigenvalue weighted by Crippen LogP contribution is -2.17. The molecule has 66 valence electrons. The second-order valence-corrected chi connectivity index (χ2v) is 3.68. The van der Waals surface area contributed by atoms with Crippen LogP contribution < -0.4 is 0 Å². The van der Waals surface area contributed by atoms with Crippen LogP contribution in [-0.2, 0) is 6.54 Å². The Kier molecular flexibility index (Phi) is 3.86. The molecule has 0 saturated heterocycles. The average Bonchev–Trinajstić information content (AvgIpc) is 2.06. The smallest absolute Gasteiger partial charge is 0.0965 e. The second-order valence-electron chi connectivity index (χ2n) is 2.62. The normalized spacial score (nSPS) is 13.3. The van der Waals surface area contributed by atoms with Crippen molar-refractivity contribution in [2.75, 3.05) is 0 Å². The number of halogens is 2. The zero-order valence-electron chi connectivity index (χ0n) is 6.87. The summed E-state index contributed by atoms with van der Waals surface area (Å²) in [5.41, 5.74) is 1.02. The van der Waals surface area contributed by atoms with E-state index in [0.717, 1.165) is 0 Å². The van der Waals surface area contributed by atoms with Gasteiger partial charge in [0.05, 0.1) is 5.50 Å². The molecular formula is C9H11Cl2N. The van der Waals surface area contributed by atoms with Crippen LogP contribution in [0.4, 0.5) is 0 Å². The number of alkyl halides is 1. The monoisotopic (exact) mass is 203 g/mol. The lowest BCUT2D eigenvalue weighted by molar-refractivity contribution is 0.438. The Hall–Kier alpha value is -0.240. The van der Waals surface area contributed by atoms with Crippen molar-refractivity contribution in [2.24, 2.45) is 0 Å². The highest BCUT2D eigenvalue weighted by molar-refractivity contribution is 6.24. The molecule has 0 saturated carbocycles. The van der Waals surface area contributed by atoms with Crippen LogP contribution in [0.2, 0.25) is 0 Å². The molecule has 1 nitrogen and oxygen atoms in total. The van der Waals surface area contributed by atoms with Crippen molar-refractivity contribution in [2.45, 2.75) is 19.0 Å². The summed E-state index contributed by atoms with van der Waals surface area (Å²) in [6.07, 6.45) is 0. The summed E-state index contributed by atoms with van der Waals surface area (Å²) in [6, 6.07) is 9.99. The summed E-state index contributed by atoms with van der Waals surface area (Å²) >= 11 is 11.6. The summed E-state index contributed by atoms with van der Waals surface area (Å²) < 4.78 is 1.57. The number of hydrogen-bond donors (Lipinski definition) is 0. The summed E-state index contributed by atoms with van der Waals surface area (Å²) in [5, 5.41) is 0. The van der Waals surface area contributed by atoms with Crippen LogP contribution in [0.15, 0.2) is 30.3 Å². The number of nitrogens with zero attached hydrogens (tertiary/aromatic N) is 1. The molecule has 1 unspecified atom stereocenters. The average molecular weight is 204 g/mol. The fourth-order valence-electron chi connectivity index (χ4n) is 0.884. The molecule has 0 amide bonds. The molecule has 0 spiro atoms. The molecule has 0 aliphatic carbocycles. The van der Waals surface area contributed by atoms with E-state index in [1.54, 1.807) is 4.42 Å².